The number of nitrogens with zero attached hydrogens (tertiary/aromatic N) is 3. The summed E-state index contributed by atoms with van der Waals surface area (Å²) >= 11 is 0. The maximum absolute atomic E-state index is 11.8. The molecular weight excluding hydrogens is 352 g/mol. The molecule has 2 aromatic heterocycles. The molecule has 0 spiro atoms. The van der Waals surface area contributed by atoms with Gasteiger partial charge in [-0.3, -0.25) is 4.40 Å². The SMILES string of the molecule is CCOC(=O)c1ccc(Nc2cc(C)c(C#N)c3nc4ccccc4n23)cc1. The Kier molecular flexibility index (Phi) is 4.42. The summed E-state index contributed by atoms with van der Waals surface area (Å²) in [6.07, 6.45) is 0. The van der Waals surface area contributed by atoms with Crippen molar-refractivity contribution in [2.45, 2.75) is 13.8 Å². The van der Waals surface area contributed by atoms with E-state index >= 15 is 0 Å². The van der Waals surface area contributed by atoms with Crippen LogP contribution in [0, 0.1) is 18.3 Å². The second-order valence-corrected chi connectivity index (χ2v) is 6.38. The molecule has 138 valence electrons. The van der Waals surface area contributed by atoms with Gasteiger partial charge < -0.3 is 10.1 Å². The number of ether oxygens (including phenoxy) is 1. The number of aryl methyl sites for hydroxylation is 1. The average molecular weight is 370 g/mol. The molecule has 0 saturated carbocycles. The molecule has 4 aromatic rings. The number of hydrogen-bond acceptors (Lipinski definition) is 5. The normalized spacial score (nSPS) is 10.8. The zero-order chi connectivity index (χ0) is 19.7. The molecule has 1 N–H and O–H groups in total. The van der Waals surface area contributed by atoms with Gasteiger partial charge in [0.2, 0.25) is 0 Å². The van der Waals surface area contributed by atoms with Gasteiger partial charge in [-0.05, 0) is 61.9 Å². The molecule has 6 heteroatoms. The summed E-state index contributed by atoms with van der Waals surface area (Å²) in [6.45, 7) is 4.02. The highest BCUT2D eigenvalue weighted by atomic mass is 16.5. The number of aromatic nitrogens is 2. The first-order chi connectivity index (χ1) is 13.6. The van der Waals surface area contributed by atoms with E-state index in [0.29, 0.717) is 23.4 Å². The van der Waals surface area contributed by atoms with Crippen molar-refractivity contribution in [2.24, 2.45) is 0 Å². The van der Waals surface area contributed by atoms with Crippen molar-refractivity contribution in [3.63, 3.8) is 0 Å². The first-order valence-electron chi connectivity index (χ1n) is 8.97. The molecule has 0 atom stereocenters. The molecule has 0 saturated heterocycles. The summed E-state index contributed by atoms with van der Waals surface area (Å²) in [6, 6.07) is 19.1. The monoisotopic (exact) mass is 370 g/mol. The molecule has 28 heavy (non-hydrogen) atoms. The highest BCUT2D eigenvalue weighted by Crippen LogP contribution is 2.28. The Morgan fingerprint density at radius 2 is 1.96 bits per heavy atom. The predicted molar refractivity (Wildman–Crippen MR) is 108 cm³/mol. The molecule has 0 amide bonds. The van der Waals surface area contributed by atoms with E-state index in [1.165, 1.54) is 0 Å². The molecule has 0 aliphatic rings. The van der Waals surface area contributed by atoms with Gasteiger partial charge in [0.05, 0.1) is 28.8 Å². The van der Waals surface area contributed by atoms with Gasteiger partial charge in [-0.25, -0.2) is 9.78 Å². The van der Waals surface area contributed by atoms with Crippen LogP contribution in [0.15, 0.2) is 54.6 Å². The number of anilines is 2. The average Bonchev–Trinajstić information content (AvgIpc) is 3.08. The summed E-state index contributed by atoms with van der Waals surface area (Å²) in [5.74, 6) is 0.454. The smallest absolute Gasteiger partial charge is 0.338 e. The summed E-state index contributed by atoms with van der Waals surface area (Å²) in [5, 5.41) is 13.0. The van der Waals surface area contributed by atoms with Crippen LogP contribution in [0.5, 0.6) is 0 Å². The molecule has 2 heterocycles. The zero-order valence-electron chi connectivity index (χ0n) is 15.6. The van der Waals surface area contributed by atoms with Crippen LogP contribution in [0.2, 0.25) is 0 Å². The highest BCUT2D eigenvalue weighted by Gasteiger charge is 2.15. The third kappa shape index (κ3) is 2.93. The first kappa shape index (κ1) is 17.6. The van der Waals surface area contributed by atoms with Gasteiger partial charge in [0.1, 0.15) is 11.9 Å². The fourth-order valence-corrected chi connectivity index (χ4v) is 3.24. The van der Waals surface area contributed by atoms with Gasteiger partial charge in [0.25, 0.3) is 0 Å². The molecule has 4 rings (SSSR count). The number of para-hydroxylation sites is 2. The molecule has 0 bridgehead atoms. The Balaban J connectivity index is 1.81. The van der Waals surface area contributed by atoms with Crippen molar-refractivity contribution >= 4 is 34.2 Å². The van der Waals surface area contributed by atoms with Crippen LogP contribution in [-0.4, -0.2) is 22.0 Å². The van der Waals surface area contributed by atoms with E-state index in [0.717, 1.165) is 28.1 Å². The fourth-order valence-electron chi connectivity index (χ4n) is 3.24. The van der Waals surface area contributed by atoms with Crippen LogP contribution >= 0.6 is 0 Å². The quantitative estimate of drug-likeness (QED) is 0.532. The van der Waals surface area contributed by atoms with E-state index in [9.17, 15) is 10.1 Å². The number of rotatable bonds is 4. The lowest BCUT2D eigenvalue weighted by Crippen LogP contribution is -2.05. The topological polar surface area (TPSA) is 79.4 Å². The van der Waals surface area contributed by atoms with Gasteiger partial charge >= 0.3 is 5.97 Å². The molecule has 0 aliphatic heterocycles. The summed E-state index contributed by atoms with van der Waals surface area (Å²) in [7, 11) is 0. The second-order valence-electron chi connectivity index (χ2n) is 6.38. The van der Waals surface area contributed by atoms with Crippen LogP contribution < -0.4 is 5.32 Å². The third-order valence-electron chi connectivity index (χ3n) is 4.55. The number of esters is 1. The van der Waals surface area contributed by atoms with Crippen molar-refractivity contribution in [1.82, 2.24) is 9.38 Å². The largest absolute Gasteiger partial charge is 0.462 e. The van der Waals surface area contributed by atoms with E-state index in [2.05, 4.69) is 16.4 Å². The van der Waals surface area contributed by atoms with Crippen molar-refractivity contribution in [2.75, 3.05) is 11.9 Å². The van der Waals surface area contributed by atoms with Gasteiger partial charge in [-0.15, -0.1) is 0 Å². The number of fused-ring (bicyclic) bond motifs is 3. The number of carbonyl (C=O) groups excluding carboxylic acids is 1. The minimum atomic E-state index is -0.341. The van der Waals surface area contributed by atoms with E-state index in [1.807, 2.05) is 53.8 Å². The Morgan fingerprint density at radius 3 is 2.68 bits per heavy atom. The number of hydrogen-bond donors (Lipinski definition) is 1. The molecule has 0 unspecified atom stereocenters. The number of imidazole rings is 1. The Morgan fingerprint density at radius 1 is 1.21 bits per heavy atom. The highest BCUT2D eigenvalue weighted by molar-refractivity contribution is 5.90. The third-order valence-corrected chi connectivity index (χ3v) is 4.55. The molecule has 6 nitrogen and oxygen atoms in total. The van der Waals surface area contributed by atoms with Gasteiger partial charge in [-0.1, -0.05) is 12.1 Å². The van der Waals surface area contributed by atoms with Gasteiger partial charge in [-0.2, -0.15) is 5.26 Å². The predicted octanol–water partition coefficient (Wildman–Crippen LogP) is 4.59. The number of nitriles is 1. The number of benzene rings is 2. The van der Waals surface area contributed by atoms with Crippen LogP contribution in [-0.2, 0) is 4.74 Å². The minimum Gasteiger partial charge on any atom is -0.462 e. The number of carbonyl (C=O) groups is 1. The molecule has 0 radical (unpaired) electrons. The molecular formula is C22H18N4O2. The lowest BCUT2D eigenvalue weighted by molar-refractivity contribution is 0.0526. The Hall–Kier alpha value is -3.85. The molecule has 2 aromatic carbocycles. The summed E-state index contributed by atoms with van der Waals surface area (Å²) < 4.78 is 6.97. The first-order valence-corrected chi connectivity index (χ1v) is 8.97. The van der Waals surface area contributed by atoms with E-state index in [1.54, 1.807) is 19.1 Å². The summed E-state index contributed by atoms with van der Waals surface area (Å²) in [4.78, 5) is 16.5. The molecule has 0 aliphatic carbocycles. The number of nitrogens with one attached hydrogen (secondary N) is 1. The Bertz CT molecular complexity index is 1230. The van der Waals surface area contributed by atoms with Crippen LogP contribution in [0.1, 0.15) is 28.4 Å². The van der Waals surface area contributed by atoms with E-state index in [-0.39, 0.29) is 5.97 Å². The maximum Gasteiger partial charge on any atom is 0.338 e. The van der Waals surface area contributed by atoms with Crippen molar-refractivity contribution in [1.29, 1.82) is 5.26 Å². The molecule has 0 fully saturated rings. The van der Waals surface area contributed by atoms with Crippen molar-refractivity contribution in [3.05, 3.63) is 71.3 Å². The van der Waals surface area contributed by atoms with Gasteiger partial charge in [0, 0.05) is 5.69 Å². The standard InChI is InChI=1S/C22H18N4O2/c1-3-28-22(27)15-8-10-16(11-9-15)24-20-12-14(2)17(13-23)21-25-18-6-4-5-7-19(18)26(20)21/h4-12,24H,3H2,1-2H3. The lowest BCUT2D eigenvalue weighted by atomic mass is 10.1. The number of pyridine rings is 1. The van der Waals surface area contributed by atoms with E-state index < -0.39 is 0 Å². The van der Waals surface area contributed by atoms with Crippen molar-refractivity contribution < 1.29 is 9.53 Å². The summed E-state index contributed by atoms with van der Waals surface area (Å²) in [5.41, 5.74) is 5.08. The zero-order valence-corrected chi connectivity index (χ0v) is 15.6. The van der Waals surface area contributed by atoms with Gasteiger partial charge in [0.15, 0.2) is 5.65 Å². The van der Waals surface area contributed by atoms with Crippen molar-refractivity contribution in [3.8, 4) is 6.07 Å². The van der Waals surface area contributed by atoms with Crippen LogP contribution in [0.4, 0.5) is 11.5 Å². The van der Waals surface area contributed by atoms with E-state index in [4.69, 9.17) is 4.74 Å². The fraction of sp³-hybridized carbons (Fsp3) is 0.136. The second kappa shape index (κ2) is 7.05. The van der Waals surface area contributed by atoms with Crippen LogP contribution in [0.3, 0.4) is 0 Å². The van der Waals surface area contributed by atoms with Crippen LogP contribution in [0.25, 0.3) is 16.7 Å². The minimum absolute atomic E-state index is 0.341. The lowest BCUT2D eigenvalue weighted by Gasteiger charge is -2.13. The Labute approximate surface area is 162 Å². The maximum atomic E-state index is 11.8.